The summed E-state index contributed by atoms with van der Waals surface area (Å²) in [6.07, 6.45) is 6.71. The van der Waals surface area contributed by atoms with Gasteiger partial charge in [-0.05, 0) is 50.9 Å². The summed E-state index contributed by atoms with van der Waals surface area (Å²) in [4.78, 5) is 16.5. The van der Waals surface area contributed by atoms with Gasteiger partial charge in [0.05, 0.1) is 5.60 Å². The summed E-state index contributed by atoms with van der Waals surface area (Å²) in [5, 5.41) is 5.52. The van der Waals surface area contributed by atoms with Crippen LogP contribution in [0.5, 0.6) is 0 Å². The van der Waals surface area contributed by atoms with Crippen LogP contribution in [-0.4, -0.2) is 23.1 Å². The predicted octanol–water partition coefficient (Wildman–Crippen LogP) is 4.73. The zero-order chi connectivity index (χ0) is 16.9. The summed E-state index contributed by atoms with van der Waals surface area (Å²) in [6, 6.07) is 0. The molecule has 1 aliphatic rings. The molecule has 1 N–H and O–H groups in total. The Bertz CT molecular complexity index is 485. The van der Waals surface area contributed by atoms with Crippen molar-refractivity contribution in [3.63, 3.8) is 0 Å². The van der Waals surface area contributed by atoms with E-state index in [2.05, 4.69) is 38.0 Å². The lowest BCUT2D eigenvalue weighted by atomic mass is 9.75. The number of nitrogens with zero attached hydrogens (tertiary/aromatic N) is 1. The summed E-state index contributed by atoms with van der Waals surface area (Å²) < 4.78 is 5.85. The lowest BCUT2D eigenvalue weighted by Crippen LogP contribution is -2.37. The van der Waals surface area contributed by atoms with Gasteiger partial charge in [0.15, 0.2) is 5.13 Å². The summed E-state index contributed by atoms with van der Waals surface area (Å²) in [6.45, 7) is 9.63. The average Bonchev–Trinajstić information content (AvgIpc) is 2.94. The van der Waals surface area contributed by atoms with Crippen molar-refractivity contribution in [3.05, 3.63) is 11.6 Å². The molecule has 2 rings (SSSR count). The fraction of sp³-hybridized carbons (Fsp3) is 0.778. The van der Waals surface area contributed by atoms with E-state index in [1.165, 1.54) is 17.8 Å². The van der Waals surface area contributed by atoms with E-state index in [-0.39, 0.29) is 11.5 Å². The first-order valence-electron chi connectivity index (χ1n) is 8.69. The highest BCUT2D eigenvalue weighted by Gasteiger charge is 2.34. The smallest absolute Gasteiger partial charge is 0.226 e. The number of aromatic nitrogens is 1. The first kappa shape index (κ1) is 18.4. The van der Waals surface area contributed by atoms with Crippen molar-refractivity contribution >= 4 is 22.4 Å². The van der Waals surface area contributed by atoms with Crippen LogP contribution in [0.2, 0.25) is 0 Å². The van der Waals surface area contributed by atoms with Crippen LogP contribution in [0.15, 0.2) is 11.6 Å². The Morgan fingerprint density at radius 2 is 2.26 bits per heavy atom. The number of hydrogen-bond donors (Lipinski definition) is 1. The van der Waals surface area contributed by atoms with Crippen LogP contribution in [0.1, 0.15) is 59.8 Å². The molecule has 1 saturated heterocycles. The van der Waals surface area contributed by atoms with Gasteiger partial charge in [-0.25, -0.2) is 4.98 Å². The molecule has 2 atom stereocenters. The largest absolute Gasteiger partial charge is 0.376 e. The molecule has 0 bridgehead atoms. The molecule has 130 valence electrons. The molecule has 0 radical (unpaired) electrons. The van der Waals surface area contributed by atoms with Gasteiger partial charge in [-0.2, -0.15) is 0 Å². The van der Waals surface area contributed by atoms with Crippen molar-refractivity contribution in [3.8, 4) is 0 Å². The van der Waals surface area contributed by atoms with Gasteiger partial charge in [0.1, 0.15) is 0 Å². The average molecular weight is 339 g/mol. The van der Waals surface area contributed by atoms with Crippen LogP contribution in [0.4, 0.5) is 5.13 Å². The molecule has 2 unspecified atom stereocenters. The SMILES string of the molecule is CC(C)CCC(CC(=O)Nc1nccs1)C1CCOC(C)(C)C1. The maximum Gasteiger partial charge on any atom is 0.226 e. The van der Waals surface area contributed by atoms with E-state index in [4.69, 9.17) is 4.74 Å². The van der Waals surface area contributed by atoms with Crippen molar-refractivity contribution in [1.29, 1.82) is 0 Å². The summed E-state index contributed by atoms with van der Waals surface area (Å²) in [5.74, 6) is 1.77. The van der Waals surface area contributed by atoms with Crippen molar-refractivity contribution in [2.45, 2.75) is 65.4 Å². The third kappa shape index (κ3) is 6.22. The molecule has 1 amide bonds. The molecule has 1 aliphatic heterocycles. The molecule has 1 fully saturated rings. The summed E-state index contributed by atoms with van der Waals surface area (Å²) in [5.41, 5.74) is -0.0647. The Labute approximate surface area is 144 Å². The van der Waals surface area contributed by atoms with Gasteiger partial charge >= 0.3 is 0 Å². The molecule has 23 heavy (non-hydrogen) atoms. The van der Waals surface area contributed by atoms with E-state index < -0.39 is 0 Å². The lowest BCUT2D eigenvalue weighted by Gasteiger charge is -2.39. The monoisotopic (exact) mass is 338 g/mol. The molecule has 4 nitrogen and oxygen atoms in total. The number of anilines is 1. The van der Waals surface area contributed by atoms with E-state index in [0.29, 0.717) is 29.3 Å². The Morgan fingerprint density at radius 3 is 2.87 bits per heavy atom. The van der Waals surface area contributed by atoms with Crippen LogP contribution in [-0.2, 0) is 9.53 Å². The molecule has 5 heteroatoms. The first-order chi connectivity index (χ1) is 10.9. The zero-order valence-corrected chi connectivity index (χ0v) is 15.6. The molecule has 0 saturated carbocycles. The van der Waals surface area contributed by atoms with Crippen molar-refractivity contribution in [2.75, 3.05) is 11.9 Å². The molecular weight excluding hydrogens is 308 g/mol. The van der Waals surface area contributed by atoms with E-state index >= 15 is 0 Å². The van der Waals surface area contributed by atoms with Crippen LogP contribution >= 0.6 is 11.3 Å². The van der Waals surface area contributed by atoms with Gasteiger partial charge in [0.2, 0.25) is 5.91 Å². The third-order valence-electron chi connectivity index (χ3n) is 4.64. The number of amides is 1. The lowest BCUT2D eigenvalue weighted by molar-refractivity contribution is -0.119. The zero-order valence-electron chi connectivity index (χ0n) is 14.8. The maximum absolute atomic E-state index is 12.4. The molecule has 0 aliphatic carbocycles. The Morgan fingerprint density at radius 1 is 1.48 bits per heavy atom. The van der Waals surface area contributed by atoms with Gasteiger partial charge < -0.3 is 10.1 Å². The number of carbonyl (C=O) groups is 1. The highest BCUT2D eigenvalue weighted by atomic mass is 32.1. The van der Waals surface area contributed by atoms with Crippen LogP contribution in [0.3, 0.4) is 0 Å². The highest BCUT2D eigenvalue weighted by Crippen LogP contribution is 2.37. The van der Waals surface area contributed by atoms with Gasteiger partial charge in [-0.15, -0.1) is 11.3 Å². The first-order valence-corrected chi connectivity index (χ1v) is 9.57. The normalized spacial score (nSPS) is 22.0. The van der Waals surface area contributed by atoms with Crippen molar-refractivity contribution < 1.29 is 9.53 Å². The molecule has 0 spiro atoms. The second-order valence-corrected chi connectivity index (χ2v) is 8.58. The minimum atomic E-state index is -0.0647. The number of ether oxygens (including phenoxy) is 1. The minimum Gasteiger partial charge on any atom is -0.376 e. The number of carbonyl (C=O) groups excluding carboxylic acids is 1. The molecule has 1 aromatic heterocycles. The summed E-state index contributed by atoms with van der Waals surface area (Å²) in [7, 11) is 0. The number of nitrogens with one attached hydrogen (secondary N) is 1. The van der Waals surface area contributed by atoms with E-state index in [1.54, 1.807) is 6.20 Å². The van der Waals surface area contributed by atoms with Crippen molar-refractivity contribution in [1.82, 2.24) is 4.98 Å². The topological polar surface area (TPSA) is 51.2 Å². The molecule has 2 heterocycles. The third-order valence-corrected chi connectivity index (χ3v) is 5.33. The van der Waals surface area contributed by atoms with Gasteiger partial charge in [0, 0.05) is 24.6 Å². The number of thiazole rings is 1. The van der Waals surface area contributed by atoms with Crippen molar-refractivity contribution in [2.24, 2.45) is 17.8 Å². The van der Waals surface area contributed by atoms with E-state index in [0.717, 1.165) is 25.9 Å². The van der Waals surface area contributed by atoms with Crippen LogP contribution in [0.25, 0.3) is 0 Å². The Balaban J connectivity index is 1.96. The van der Waals surface area contributed by atoms with Crippen LogP contribution in [0, 0.1) is 17.8 Å². The van der Waals surface area contributed by atoms with E-state index in [1.807, 2.05) is 5.38 Å². The number of rotatable bonds is 7. The minimum absolute atomic E-state index is 0.0647. The second kappa shape index (κ2) is 8.25. The summed E-state index contributed by atoms with van der Waals surface area (Å²) >= 11 is 1.47. The predicted molar refractivity (Wildman–Crippen MR) is 95.7 cm³/mol. The maximum atomic E-state index is 12.4. The Kier molecular flexibility index (Phi) is 6.60. The molecule has 0 aromatic carbocycles. The number of hydrogen-bond acceptors (Lipinski definition) is 4. The second-order valence-electron chi connectivity index (χ2n) is 7.68. The standard InChI is InChI=1S/C18H30N2O2S/c1-13(2)5-6-14(15-7-9-22-18(3,4)12-15)11-16(21)20-17-19-8-10-23-17/h8,10,13-15H,5-7,9,11-12H2,1-4H3,(H,19,20,21). The molecule has 1 aromatic rings. The van der Waals surface area contributed by atoms with Gasteiger partial charge in [-0.1, -0.05) is 20.3 Å². The Hall–Kier alpha value is -0.940. The van der Waals surface area contributed by atoms with E-state index in [9.17, 15) is 4.79 Å². The highest BCUT2D eigenvalue weighted by molar-refractivity contribution is 7.13. The quantitative estimate of drug-likeness (QED) is 0.782. The fourth-order valence-electron chi connectivity index (χ4n) is 3.43. The fourth-order valence-corrected chi connectivity index (χ4v) is 3.97. The van der Waals surface area contributed by atoms with Gasteiger partial charge in [-0.3, -0.25) is 4.79 Å². The van der Waals surface area contributed by atoms with Gasteiger partial charge in [0.25, 0.3) is 0 Å². The molecular formula is C18H30N2O2S. The van der Waals surface area contributed by atoms with Crippen LogP contribution < -0.4 is 5.32 Å².